The van der Waals surface area contributed by atoms with Crippen molar-refractivity contribution < 1.29 is 4.74 Å². The molecule has 0 aliphatic rings. The van der Waals surface area contributed by atoms with Crippen molar-refractivity contribution in [3.63, 3.8) is 0 Å². The number of nitrogens with two attached hydrogens (primary N) is 1. The highest BCUT2D eigenvalue weighted by atomic mass is 79.9. The Morgan fingerprint density at radius 3 is 2.56 bits per heavy atom. The van der Waals surface area contributed by atoms with Gasteiger partial charge in [0.05, 0.1) is 0 Å². The summed E-state index contributed by atoms with van der Waals surface area (Å²) in [6.07, 6.45) is 4.45. The lowest BCUT2D eigenvalue weighted by Crippen LogP contribution is -2.02. The van der Waals surface area contributed by atoms with Crippen LogP contribution < -0.4 is 10.5 Å². The van der Waals surface area contributed by atoms with Gasteiger partial charge in [-0.05, 0) is 52.7 Å². The van der Waals surface area contributed by atoms with Crippen molar-refractivity contribution in [3.8, 4) is 5.75 Å². The highest BCUT2D eigenvalue weighted by molar-refractivity contribution is 9.10. The van der Waals surface area contributed by atoms with E-state index in [1.54, 1.807) is 12.4 Å². The number of halogens is 1. The van der Waals surface area contributed by atoms with Gasteiger partial charge in [0.2, 0.25) is 0 Å². The molecule has 1 aromatic heterocycles. The molecule has 0 bridgehead atoms. The number of ether oxygens (including phenoxy) is 1. The maximum Gasteiger partial charge on any atom is 0.119 e. The molecule has 0 amide bonds. The van der Waals surface area contributed by atoms with E-state index >= 15 is 0 Å². The van der Waals surface area contributed by atoms with Gasteiger partial charge >= 0.3 is 0 Å². The van der Waals surface area contributed by atoms with Gasteiger partial charge in [-0.1, -0.05) is 12.1 Å². The summed E-state index contributed by atoms with van der Waals surface area (Å²) in [5.41, 5.74) is 7.77. The molecule has 0 spiro atoms. The minimum Gasteiger partial charge on any atom is -0.489 e. The van der Waals surface area contributed by atoms with E-state index in [0.717, 1.165) is 22.2 Å². The van der Waals surface area contributed by atoms with Crippen LogP contribution in [0, 0.1) is 0 Å². The number of hydrogen-bond acceptors (Lipinski definition) is 3. The fraction of sp³-hybridized carbons (Fsp3) is 0.214. The lowest BCUT2D eigenvalue weighted by atomic mass is 10.1. The SMILES string of the molecule is NCCc1ccc(OCc2cncc(Br)c2)cc1. The molecule has 0 fully saturated rings. The smallest absolute Gasteiger partial charge is 0.119 e. The van der Waals surface area contributed by atoms with Gasteiger partial charge in [-0.2, -0.15) is 0 Å². The van der Waals surface area contributed by atoms with E-state index in [1.807, 2.05) is 30.3 Å². The van der Waals surface area contributed by atoms with Crippen LogP contribution in [0.2, 0.25) is 0 Å². The van der Waals surface area contributed by atoms with E-state index in [2.05, 4.69) is 20.9 Å². The monoisotopic (exact) mass is 306 g/mol. The summed E-state index contributed by atoms with van der Waals surface area (Å²) in [6, 6.07) is 10.0. The molecular weight excluding hydrogens is 292 g/mol. The molecule has 0 saturated heterocycles. The first-order valence-corrected chi connectivity index (χ1v) is 6.58. The van der Waals surface area contributed by atoms with E-state index in [9.17, 15) is 0 Å². The van der Waals surface area contributed by atoms with E-state index in [0.29, 0.717) is 13.2 Å². The van der Waals surface area contributed by atoms with Crippen LogP contribution in [-0.2, 0) is 13.0 Å². The standard InChI is InChI=1S/C14H15BrN2O/c15-13-7-12(8-17-9-13)10-18-14-3-1-11(2-4-14)5-6-16/h1-4,7-9H,5-6,10,16H2. The lowest BCUT2D eigenvalue weighted by molar-refractivity contribution is 0.305. The van der Waals surface area contributed by atoms with E-state index in [1.165, 1.54) is 5.56 Å². The molecule has 0 unspecified atom stereocenters. The molecule has 2 rings (SSSR count). The number of hydrogen-bond donors (Lipinski definition) is 1. The van der Waals surface area contributed by atoms with Crippen molar-refractivity contribution in [2.75, 3.05) is 6.54 Å². The fourth-order valence-corrected chi connectivity index (χ4v) is 2.03. The Labute approximate surface area is 115 Å². The van der Waals surface area contributed by atoms with Gasteiger partial charge in [-0.3, -0.25) is 4.98 Å². The third kappa shape index (κ3) is 3.82. The molecule has 1 heterocycles. The van der Waals surface area contributed by atoms with Crippen LogP contribution in [0.1, 0.15) is 11.1 Å². The molecule has 0 aliphatic carbocycles. The van der Waals surface area contributed by atoms with E-state index in [-0.39, 0.29) is 0 Å². The van der Waals surface area contributed by atoms with Crippen LogP contribution in [0.5, 0.6) is 5.75 Å². The summed E-state index contributed by atoms with van der Waals surface area (Å²) in [6.45, 7) is 1.19. The van der Waals surface area contributed by atoms with Crippen molar-refractivity contribution in [3.05, 3.63) is 58.3 Å². The molecule has 3 nitrogen and oxygen atoms in total. The average Bonchev–Trinajstić information content (AvgIpc) is 2.38. The Morgan fingerprint density at radius 2 is 1.89 bits per heavy atom. The predicted molar refractivity (Wildman–Crippen MR) is 75.5 cm³/mol. The molecule has 0 aliphatic heterocycles. The quantitative estimate of drug-likeness (QED) is 0.924. The second-order valence-corrected chi connectivity index (χ2v) is 4.90. The maximum absolute atomic E-state index is 5.69. The Kier molecular flexibility index (Phi) is 4.73. The van der Waals surface area contributed by atoms with Crippen LogP contribution in [0.25, 0.3) is 0 Å². The van der Waals surface area contributed by atoms with Crippen LogP contribution in [0.4, 0.5) is 0 Å². The number of nitrogens with zero attached hydrogens (tertiary/aromatic N) is 1. The summed E-state index contributed by atoms with van der Waals surface area (Å²) in [5, 5.41) is 0. The molecule has 0 saturated carbocycles. The van der Waals surface area contributed by atoms with Crippen molar-refractivity contribution in [2.45, 2.75) is 13.0 Å². The molecule has 2 aromatic rings. The number of rotatable bonds is 5. The van der Waals surface area contributed by atoms with Gasteiger partial charge in [-0.25, -0.2) is 0 Å². The van der Waals surface area contributed by atoms with Gasteiger partial charge in [0.15, 0.2) is 0 Å². The Hall–Kier alpha value is -1.39. The first kappa shape index (κ1) is 13.1. The van der Waals surface area contributed by atoms with E-state index < -0.39 is 0 Å². The molecule has 4 heteroatoms. The molecule has 18 heavy (non-hydrogen) atoms. The zero-order valence-electron chi connectivity index (χ0n) is 9.97. The maximum atomic E-state index is 5.69. The molecule has 2 N–H and O–H groups in total. The normalized spacial score (nSPS) is 10.3. The summed E-state index contributed by atoms with van der Waals surface area (Å²) in [4.78, 5) is 4.09. The van der Waals surface area contributed by atoms with Gasteiger partial charge in [0.25, 0.3) is 0 Å². The number of benzene rings is 1. The zero-order chi connectivity index (χ0) is 12.8. The van der Waals surface area contributed by atoms with Crippen LogP contribution in [0.3, 0.4) is 0 Å². The minimum atomic E-state index is 0.517. The number of pyridine rings is 1. The third-order valence-corrected chi connectivity index (χ3v) is 2.96. The molecule has 0 radical (unpaired) electrons. The molecule has 1 aromatic carbocycles. The third-order valence-electron chi connectivity index (χ3n) is 2.52. The molecule has 94 valence electrons. The van der Waals surface area contributed by atoms with Crippen LogP contribution in [0.15, 0.2) is 47.2 Å². The first-order chi connectivity index (χ1) is 8.78. The van der Waals surface area contributed by atoms with Gasteiger partial charge in [-0.15, -0.1) is 0 Å². The van der Waals surface area contributed by atoms with Crippen molar-refractivity contribution in [1.29, 1.82) is 0 Å². The van der Waals surface area contributed by atoms with Gasteiger partial charge < -0.3 is 10.5 Å². The second kappa shape index (κ2) is 6.52. The van der Waals surface area contributed by atoms with Crippen LogP contribution in [-0.4, -0.2) is 11.5 Å². The largest absolute Gasteiger partial charge is 0.489 e. The summed E-state index contributed by atoms with van der Waals surface area (Å²) in [5.74, 6) is 0.857. The van der Waals surface area contributed by atoms with Crippen LogP contribution >= 0.6 is 15.9 Å². The average molecular weight is 307 g/mol. The van der Waals surface area contributed by atoms with Crippen molar-refractivity contribution in [1.82, 2.24) is 4.98 Å². The topological polar surface area (TPSA) is 48.1 Å². The second-order valence-electron chi connectivity index (χ2n) is 3.98. The van der Waals surface area contributed by atoms with Gasteiger partial charge in [0, 0.05) is 22.4 Å². The highest BCUT2D eigenvalue weighted by Gasteiger charge is 1.98. The van der Waals surface area contributed by atoms with Crippen molar-refractivity contribution >= 4 is 15.9 Å². The van der Waals surface area contributed by atoms with E-state index in [4.69, 9.17) is 10.5 Å². The Balaban J connectivity index is 1.93. The predicted octanol–water partition coefficient (Wildman–Crippen LogP) is 2.92. The lowest BCUT2D eigenvalue weighted by Gasteiger charge is -2.07. The summed E-state index contributed by atoms with van der Waals surface area (Å²) >= 11 is 3.39. The summed E-state index contributed by atoms with van der Waals surface area (Å²) in [7, 11) is 0. The highest BCUT2D eigenvalue weighted by Crippen LogP contribution is 2.15. The fourth-order valence-electron chi connectivity index (χ4n) is 1.62. The Morgan fingerprint density at radius 1 is 1.11 bits per heavy atom. The minimum absolute atomic E-state index is 0.517. The zero-order valence-corrected chi connectivity index (χ0v) is 11.6. The molecular formula is C14H15BrN2O. The Bertz CT molecular complexity index is 499. The summed E-state index contributed by atoms with van der Waals surface area (Å²) < 4.78 is 6.65. The number of aromatic nitrogens is 1. The molecule has 0 atom stereocenters. The van der Waals surface area contributed by atoms with Gasteiger partial charge in [0.1, 0.15) is 12.4 Å². The first-order valence-electron chi connectivity index (χ1n) is 5.79. The van der Waals surface area contributed by atoms with Crippen molar-refractivity contribution in [2.24, 2.45) is 5.73 Å².